The Morgan fingerprint density at radius 2 is 1.86 bits per heavy atom. The first-order valence-electron chi connectivity index (χ1n) is 13.8. The van der Waals surface area contributed by atoms with E-state index in [1.165, 1.54) is 6.20 Å². The largest absolute Gasteiger partial charge is 0.390 e. The molecule has 0 radical (unpaired) electrons. The lowest BCUT2D eigenvalue weighted by atomic mass is 9.76. The van der Waals surface area contributed by atoms with Crippen molar-refractivity contribution < 1.29 is 28.0 Å². The second kappa shape index (κ2) is 12.5. The molecular weight excluding hydrogens is 582 g/mol. The second-order valence-corrected chi connectivity index (χ2v) is 13.0. The number of aliphatic hydroxyl groups excluding tert-OH is 1. The highest BCUT2D eigenvalue weighted by molar-refractivity contribution is 7.88. The van der Waals surface area contributed by atoms with Crippen molar-refractivity contribution in [3.05, 3.63) is 88.0 Å². The molecule has 0 spiro atoms. The summed E-state index contributed by atoms with van der Waals surface area (Å²) in [6.07, 6.45) is 5.41. The van der Waals surface area contributed by atoms with Crippen LogP contribution in [-0.2, 0) is 39.9 Å². The van der Waals surface area contributed by atoms with Gasteiger partial charge in [-0.3, -0.25) is 14.4 Å². The zero-order chi connectivity index (χ0) is 30.0. The van der Waals surface area contributed by atoms with Gasteiger partial charge >= 0.3 is 0 Å². The maximum absolute atomic E-state index is 14.2. The summed E-state index contributed by atoms with van der Waals surface area (Å²) >= 11 is 6.21. The summed E-state index contributed by atoms with van der Waals surface area (Å²) in [5, 5.41) is 9.95. The molecule has 42 heavy (non-hydrogen) atoms. The summed E-state index contributed by atoms with van der Waals surface area (Å²) in [6.45, 7) is -0.231. The van der Waals surface area contributed by atoms with Gasteiger partial charge in [0.15, 0.2) is 0 Å². The lowest BCUT2D eigenvalue weighted by Crippen LogP contribution is -2.59. The summed E-state index contributed by atoms with van der Waals surface area (Å²) in [4.78, 5) is 39.8. The number of hydroxylamine groups is 1. The lowest BCUT2D eigenvalue weighted by molar-refractivity contribution is -0.138. The van der Waals surface area contributed by atoms with Crippen molar-refractivity contribution in [3.8, 4) is 0 Å². The van der Waals surface area contributed by atoms with Crippen LogP contribution in [0.25, 0.3) is 0 Å². The number of benzene rings is 2. The molecule has 1 aliphatic heterocycles. The number of hydrogen-bond acceptors (Lipinski definition) is 7. The van der Waals surface area contributed by atoms with Crippen molar-refractivity contribution in [1.82, 2.24) is 24.7 Å². The minimum atomic E-state index is -3.56. The maximum Gasteiger partial charge on any atom is 0.255 e. The van der Waals surface area contributed by atoms with Crippen LogP contribution in [0.4, 0.5) is 0 Å². The highest BCUT2D eigenvalue weighted by Gasteiger charge is 2.49. The molecule has 13 heteroatoms. The van der Waals surface area contributed by atoms with Gasteiger partial charge in [0.1, 0.15) is 12.4 Å². The number of hydrogen-bond donors (Lipinski definition) is 3. The molecule has 0 bridgehead atoms. The molecule has 1 fully saturated rings. The third-order valence-corrected chi connectivity index (χ3v) is 9.02. The predicted molar refractivity (Wildman–Crippen MR) is 156 cm³/mol. The number of fused-ring (bicyclic) bond motifs is 1. The lowest BCUT2D eigenvalue weighted by Gasteiger charge is -2.49. The van der Waals surface area contributed by atoms with Gasteiger partial charge < -0.3 is 14.6 Å². The summed E-state index contributed by atoms with van der Waals surface area (Å²) in [6, 6.07) is 12.2. The number of amides is 2. The smallest absolute Gasteiger partial charge is 0.255 e. The van der Waals surface area contributed by atoms with Gasteiger partial charge in [0.05, 0.1) is 36.7 Å². The Bertz CT molecular complexity index is 1560. The Labute approximate surface area is 249 Å². The summed E-state index contributed by atoms with van der Waals surface area (Å²) in [7, 11) is -1.82. The number of carbonyl (C=O) groups excluding carboxylic acids is 2. The topological polar surface area (TPSA) is 143 Å². The van der Waals surface area contributed by atoms with E-state index in [4.69, 9.17) is 16.4 Å². The molecule has 3 N–H and O–H groups in total. The molecule has 2 aromatic carbocycles. The van der Waals surface area contributed by atoms with E-state index in [1.54, 1.807) is 65.0 Å². The van der Waals surface area contributed by atoms with E-state index in [0.29, 0.717) is 46.1 Å². The minimum absolute atomic E-state index is 0.0478. The van der Waals surface area contributed by atoms with Crippen LogP contribution >= 0.6 is 11.6 Å². The molecule has 5 rings (SSSR count). The number of aliphatic hydroxyl groups is 1. The predicted octanol–water partition coefficient (Wildman–Crippen LogP) is 2.95. The van der Waals surface area contributed by atoms with Crippen molar-refractivity contribution in [1.29, 1.82) is 0 Å². The highest BCUT2D eigenvalue weighted by atomic mass is 35.5. The van der Waals surface area contributed by atoms with Gasteiger partial charge in [0.25, 0.3) is 11.8 Å². The molecule has 1 aromatic heterocycles. The first-order valence-corrected chi connectivity index (χ1v) is 16.0. The fraction of sp³-hybridized carbons (Fsp3) is 0.414. The van der Waals surface area contributed by atoms with Crippen LogP contribution in [0.15, 0.2) is 54.7 Å². The SMILES string of the molecule is Cn1c(CO)cnc1CONC(=O)[C@@H]1c2ccccc2C(=O)N([C@H]2CCCC[C@@H]2NS(C)(=O)=O)[C@H]1c1ccc(Cl)cc1. The summed E-state index contributed by atoms with van der Waals surface area (Å²) in [5.41, 5.74) is 4.77. The van der Waals surface area contributed by atoms with Crippen molar-refractivity contribution in [2.45, 2.75) is 62.9 Å². The first-order chi connectivity index (χ1) is 20.1. The molecule has 2 heterocycles. The number of nitrogens with one attached hydrogen (secondary N) is 2. The van der Waals surface area contributed by atoms with Crippen LogP contribution < -0.4 is 10.2 Å². The number of aromatic nitrogens is 2. The summed E-state index contributed by atoms with van der Waals surface area (Å²) < 4.78 is 29.1. The molecule has 224 valence electrons. The molecule has 3 aromatic rings. The third-order valence-electron chi connectivity index (χ3n) is 8.04. The minimum Gasteiger partial charge on any atom is -0.390 e. The fourth-order valence-corrected chi connectivity index (χ4v) is 7.03. The Kier molecular flexibility index (Phi) is 9.00. The van der Waals surface area contributed by atoms with Crippen molar-refractivity contribution >= 4 is 33.4 Å². The maximum atomic E-state index is 14.2. The van der Waals surface area contributed by atoms with Crippen LogP contribution in [-0.4, -0.2) is 58.1 Å². The van der Waals surface area contributed by atoms with E-state index in [1.807, 2.05) is 0 Å². The Hall–Kier alpha value is -3.29. The number of imidazole rings is 1. The van der Waals surface area contributed by atoms with Gasteiger partial charge in [-0.05, 0) is 42.2 Å². The van der Waals surface area contributed by atoms with Gasteiger partial charge in [-0.1, -0.05) is 54.8 Å². The van der Waals surface area contributed by atoms with E-state index < -0.39 is 40.0 Å². The standard InChI is InChI=1S/C29H34ClN5O6S/c1-34-20(16-36)15-31-25(34)17-41-32-28(37)26-21-7-3-4-8-22(21)29(38)35(27(26)18-11-13-19(30)14-12-18)24-10-6-5-9-23(24)33-42(2,39)40/h3-4,7-8,11-15,23-24,26-27,33,36H,5-6,9-10,16-17H2,1-2H3,(H,32,37)/t23-,24-,26+,27-/m0/s1. The van der Waals surface area contributed by atoms with Crippen LogP contribution in [0.2, 0.25) is 5.02 Å². The molecule has 4 atom stereocenters. The van der Waals surface area contributed by atoms with Crippen molar-refractivity contribution in [2.24, 2.45) is 7.05 Å². The second-order valence-electron chi connectivity index (χ2n) is 10.8. The van der Waals surface area contributed by atoms with Gasteiger partial charge in [-0.15, -0.1) is 0 Å². The molecule has 1 saturated carbocycles. The Morgan fingerprint density at radius 3 is 2.55 bits per heavy atom. The van der Waals surface area contributed by atoms with E-state index >= 15 is 0 Å². The van der Waals surface area contributed by atoms with E-state index in [-0.39, 0.29) is 19.1 Å². The third kappa shape index (κ3) is 6.23. The molecule has 2 aliphatic rings. The van der Waals surface area contributed by atoms with Gasteiger partial charge in [0.2, 0.25) is 10.0 Å². The number of sulfonamides is 1. The Balaban J connectivity index is 1.55. The van der Waals surface area contributed by atoms with Gasteiger partial charge in [-0.2, -0.15) is 0 Å². The van der Waals surface area contributed by atoms with Crippen LogP contribution in [0, 0.1) is 0 Å². The average molecular weight is 616 g/mol. The monoisotopic (exact) mass is 615 g/mol. The number of halogens is 1. The zero-order valence-electron chi connectivity index (χ0n) is 23.4. The number of nitrogens with zero attached hydrogens (tertiary/aromatic N) is 3. The highest BCUT2D eigenvalue weighted by Crippen LogP contribution is 2.46. The fourth-order valence-electron chi connectivity index (χ4n) is 6.07. The zero-order valence-corrected chi connectivity index (χ0v) is 24.9. The van der Waals surface area contributed by atoms with Gasteiger partial charge in [-0.25, -0.2) is 23.6 Å². The van der Waals surface area contributed by atoms with Crippen LogP contribution in [0.1, 0.15) is 70.6 Å². The molecular formula is C29H34ClN5O6S. The van der Waals surface area contributed by atoms with Gasteiger partial charge in [0, 0.05) is 29.7 Å². The molecule has 11 nitrogen and oxygen atoms in total. The van der Waals surface area contributed by atoms with Crippen molar-refractivity contribution in [2.75, 3.05) is 6.26 Å². The van der Waals surface area contributed by atoms with Crippen LogP contribution in [0.3, 0.4) is 0 Å². The Morgan fingerprint density at radius 1 is 1.14 bits per heavy atom. The average Bonchev–Trinajstić information content (AvgIpc) is 3.32. The van der Waals surface area contributed by atoms with E-state index in [0.717, 1.165) is 19.1 Å². The summed E-state index contributed by atoms with van der Waals surface area (Å²) in [5.74, 6) is -1.12. The quantitative estimate of drug-likeness (QED) is 0.314. The van der Waals surface area contributed by atoms with E-state index in [9.17, 15) is 23.1 Å². The normalized spacial score (nSPS) is 22.6. The first kappa shape index (κ1) is 30.2. The molecule has 0 saturated heterocycles. The van der Waals surface area contributed by atoms with Crippen LogP contribution in [0.5, 0.6) is 0 Å². The molecule has 2 amide bonds. The molecule has 1 aliphatic carbocycles. The van der Waals surface area contributed by atoms with E-state index in [2.05, 4.69) is 15.2 Å². The van der Waals surface area contributed by atoms with Crippen molar-refractivity contribution in [3.63, 3.8) is 0 Å². The number of rotatable bonds is 9. The molecule has 0 unspecified atom stereocenters. The number of carbonyl (C=O) groups is 2.